The summed E-state index contributed by atoms with van der Waals surface area (Å²) in [7, 11) is -0.660. The number of hydrogen-bond acceptors (Lipinski definition) is 2. The van der Waals surface area contributed by atoms with Crippen LogP contribution in [-0.2, 0) is 0 Å². The summed E-state index contributed by atoms with van der Waals surface area (Å²) in [5.74, 6) is 0.981. The molecule has 164 valence electrons. The number of aromatic nitrogens is 1. The van der Waals surface area contributed by atoms with Crippen LogP contribution in [0.15, 0.2) is 126 Å². The lowest BCUT2D eigenvalue weighted by Gasteiger charge is -2.14. The van der Waals surface area contributed by atoms with Gasteiger partial charge in [-0.25, -0.2) is 0 Å². The molecule has 0 bridgehead atoms. The number of fused-ring (bicyclic) bond motifs is 1. The first-order valence-corrected chi connectivity index (χ1v) is 12.3. The van der Waals surface area contributed by atoms with Crippen LogP contribution in [0.1, 0.15) is 11.3 Å². The molecule has 5 aromatic rings. The highest BCUT2D eigenvalue weighted by Gasteiger charge is 2.30. The number of hydrogen-bond donors (Lipinski definition) is 1. The summed E-state index contributed by atoms with van der Waals surface area (Å²) >= 11 is 0. The summed E-state index contributed by atoms with van der Waals surface area (Å²) in [4.78, 5) is 0. The van der Waals surface area contributed by atoms with Crippen molar-refractivity contribution in [2.45, 2.75) is 6.92 Å². The van der Waals surface area contributed by atoms with Crippen molar-refractivity contribution in [3.8, 4) is 0 Å². The van der Waals surface area contributed by atoms with E-state index in [9.17, 15) is 0 Å². The second kappa shape index (κ2) is 11.4. The quantitative estimate of drug-likeness (QED) is 0.310. The zero-order valence-electron chi connectivity index (χ0n) is 18.7. The monoisotopic (exact) mass is 451 g/mol. The van der Waals surface area contributed by atoms with E-state index >= 15 is 0 Å². The van der Waals surface area contributed by atoms with Gasteiger partial charge in [0.15, 0.2) is 12.0 Å². The molecule has 0 aliphatic heterocycles. The van der Waals surface area contributed by atoms with E-state index in [1.807, 2.05) is 54.6 Å². The van der Waals surface area contributed by atoms with Gasteiger partial charge in [0.05, 0.1) is 14.0 Å². The topological polar surface area (TPSA) is 43.3 Å². The maximum absolute atomic E-state index is 6.00. The lowest BCUT2D eigenvalue weighted by Crippen LogP contribution is -2.40. The summed E-state index contributed by atoms with van der Waals surface area (Å²) in [5.41, 5.74) is 8.62. The Kier molecular flexibility index (Phi) is 7.81. The fourth-order valence-corrected chi connectivity index (χ4v) is 6.11. The molecule has 0 spiro atoms. The Balaban J connectivity index is 0.000000219. The number of nitrogens with zero attached hydrogens (tertiary/aromatic N) is 1. The van der Waals surface area contributed by atoms with Crippen LogP contribution in [0.5, 0.6) is 0 Å². The Morgan fingerprint density at radius 3 is 1.88 bits per heavy atom. The van der Waals surface area contributed by atoms with Crippen LogP contribution in [0.2, 0.25) is 0 Å². The molecule has 2 aromatic heterocycles. The Labute approximate surface area is 196 Å². The van der Waals surface area contributed by atoms with E-state index in [2.05, 4.69) is 84.3 Å². The highest BCUT2D eigenvalue weighted by atomic mass is 31.1. The van der Waals surface area contributed by atoms with Crippen LogP contribution < -0.4 is 26.2 Å². The number of oxazole rings is 1. The van der Waals surface area contributed by atoms with Crippen molar-refractivity contribution < 1.29 is 8.82 Å². The maximum atomic E-state index is 6.00. The average Bonchev–Trinajstić information content (AvgIpc) is 3.21. The molecule has 4 heteroatoms. The van der Waals surface area contributed by atoms with Gasteiger partial charge in [-0.2, -0.15) is 0 Å². The van der Waals surface area contributed by atoms with Gasteiger partial charge in [-0.15, -0.1) is 4.40 Å². The van der Waals surface area contributed by atoms with Crippen LogP contribution in [0.4, 0.5) is 0 Å². The molecule has 0 unspecified atom stereocenters. The van der Waals surface area contributed by atoms with E-state index in [-0.39, 0.29) is 0 Å². The van der Waals surface area contributed by atoms with Crippen molar-refractivity contribution in [2.24, 2.45) is 5.73 Å². The van der Waals surface area contributed by atoms with Crippen molar-refractivity contribution in [3.63, 3.8) is 0 Å². The summed E-state index contributed by atoms with van der Waals surface area (Å²) in [6.07, 6.45) is 6.04. The Morgan fingerprint density at radius 1 is 0.758 bits per heavy atom. The summed E-state index contributed by atoms with van der Waals surface area (Å²) in [6, 6.07) is 37.6. The molecule has 33 heavy (non-hydrogen) atoms. The highest BCUT2D eigenvalue weighted by Crippen LogP contribution is 2.33. The van der Waals surface area contributed by atoms with Crippen molar-refractivity contribution >= 4 is 35.8 Å². The Hall–Kier alpha value is -3.52. The molecule has 5 rings (SSSR count). The number of aryl methyl sites for hydroxylation is 1. The van der Waals surface area contributed by atoms with Crippen LogP contribution in [0, 0.1) is 6.92 Å². The number of nitrogens with two attached hydrogens (primary N) is 1. The van der Waals surface area contributed by atoms with Crippen LogP contribution in [0.3, 0.4) is 0 Å². The van der Waals surface area contributed by atoms with Gasteiger partial charge >= 0.3 is 5.71 Å². The molecule has 0 aliphatic rings. The summed E-state index contributed by atoms with van der Waals surface area (Å²) < 4.78 is 8.18. The fourth-order valence-electron chi connectivity index (χ4n) is 3.64. The van der Waals surface area contributed by atoms with E-state index < -0.39 is 7.92 Å². The van der Waals surface area contributed by atoms with E-state index in [1.54, 1.807) is 0 Å². The van der Waals surface area contributed by atoms with Crippen molar-refractivity contribution in [1.82, 2.24) is 0 Å². The lowest BCUT2D eigenvalue weighted by atomic mass is 10.2. The molecule has 3 nitrogen and oxygen atoms in total. The molecule has 0 saturated carbocycles. The second-order valence-corrected chi connectivity index (χ2v) is 9.57. The third kappa shape index (κ3) is 5.64. The molecule has 2 N–H and O–H groups in total. The minimum atomic E-state index is -0.660. The van der Waals surface area contributed by atoms with Gasteiger partial charge in [0, 0.05) is 19.5 Å². The van der Waals surface area contributed by atoms with E-state index in [4.69, 9.17) is 10.2 Å². The van der Waals surface area contributed by atoms with Crippen molar-refractivity contribution in [2.75, 3.05) is 6.54 Å². The largest absolute Gasteiger partial charge is 0.402 e. The van der Waals surface area contributed by atoms with E-state index in [0.717, 1.165) is 11.5 Å². The zero-order chi connectivity index (χ0) is 22.9. The Bertz CT molecular complexity index is 1260. The standard InChI is InChI=1S/C20H17NOP.C9H11N/c1-16-20(21-15-9-8-14-19(21)22-16)23(17-10-4-2-5-11-17)18-12-6-3-7-13-18;10-8-4-7-9-5-2-1-3-6-9/h2-15H,1H3;1-7H,8,10H2/q+1;/b;7-4+. The molecule has 0 amide bonds. The van der Waals surface area contributed by atoms with E-state index in [1.165, 1.54) is 21.6 Å². The van der Waals surface area contributed by atoms with Gasteiger partial charge in [-0.3, -0.25) is 0 Å². The van der Waals surface area contributed by atoms with Gasteiger partial charge in [0.25, 0.3) is 5.44 Å². The van der Waals surface area contributed by atoms with Gasteiger partial charge in [-0.05, 0) is 22.2 Å². The molecule has 0 saturated heterocycles. The molecule has 0 aliphatic carbocycles. The third-order valence-corrected chi connectivity index (χ3v) is 7.69. The number of benzene rings is 3. The van der Waals surface area contributed by atoms with Gasteiger partial charge in [-0.1, -0.05) is 103 Å². The van der Waals surface area contributed by atoms with Crippen LogP contribution in [0.25, 0.3) is 11.8 Å². The predicted molar refractivity (Wildman–Crippen MR) is 140 cm³/mol. The minimum absolute atomic E-state index is 0.606. The highest BCUT2D eigenvalue weighted by molar-refractivity contribution is 7.79. The zero-order valence-corrected chi connectivity index (χ0v) is 19.6. The maximum Gasteiger partial charge on any atom is 0.379 e. The molecule has 3 aromatic carbocycles. The molecular formula is C29H28N2OP+. The molecule has 2 heterocycles. The normalized spacial score (nSPS) is 11.0. The summed E-state index contributed by atoms with van der Waals surface area (Å²) in [6.45, 7) is 2.67. The third-order valence-electron chi connectivity index (χ3n) is 5.11. The minimum Gasteiger partial charge on any atom is -0.402 e. The van der Waals surface area contributed by atoms with Crippen molar-refractivity contribution in [1.29, 1.82) is 0 Å². The average molecular weight is 452 g/mol. The number of pyridine rings is 1. The first-order chi connectivity index (χ1) is 16.3. The van der Waals surface area contributed by atoms with Gasteiger partial charge in [0.1, 0.15) is 0 Å². The SMILES string of the molecule is Cc1oc2cccc[n+]2c1P(c1ccccc1)c1ccccc1.NC/C=C/c1ccccc1. The second-order valence-electron chi connectivity index (χ2n) is 7.45. The molecule has 0 radical (unpaired) electrons. The summed E-state index contributed by atoms with van der Waals surface area (Å²) in [5, 5.41) is 2.66. The molecule has 0 atom stereocenters. The fraction of sp³-hybridized carbons (Fsp3) is 0.0690. The first-order valence-electron chi connectivity index (χ1n) is 11.0. The number of rotatable bonds is 5. The predicted octanol–water partition coefficient (Wildman–Crippen LogP) is 4.74. The van der Waals surface area contributed by atoms with Gasteiger partial charge in [0.2, 0.25) is 0 Å². The van der Waals surface area contributed by atoms with Crippen molar-refractivity contribution in [3.05, 3.63) is 133 Å². The van der Waals surface area contributed by atoms with Gasteiger partial charge < -0.3 is 10.2 Å². The molecule has 0 fully saturated rings. The Morgan fingerprint density at radius 2 is 1.30 bits per heavy atom. The lowest BCUT2D eigenvalue weighted by molar-refractivity contribution is -0.493. The smallest absolute Gasteiger partial charge is 0.379 e. The van der Waals surface area contributed by atoms with E-state index in [0.29, 0.717) is 6.54 Å². The molecular weight excluding hydrogens is 423 g/mol. The first kappa shape index (κ1) is 22.7. The van der Waals surface area contributed by atoms with Crippen LogP contribution >= 0.6 is 7.92 Å². The van der Waals surface area contributed by atoms with Crippen LogP contribution in [-0.4, -0.2) is 6.54 Å².